The van der Waals surface area contributed by atoms with Gasteiger partial charge in [-0.15, -0.1) is 0 Å². The molecule has 1 amide bonds. The van der Waals surface area contributed by atoms with Gasteiger partial charge in [0, 0.05) is 6.54 Å². The minimum atomic E-state index is -0.884. The van der Waals surface area contributed by atoms with Gasteiger partial charge in [0.05, 0.1) is 28.9 Å². The first kappa shape index (κ1) is 15.5. The number of carboxylic acid groups (broad SMARTS) is 1. The summed E-state index contributed by atoms with van der Waals surface area (Å²) in [6.45, 7) is 4.69. The van der Waals surface area contributed by atoms with Gasteiger partial charge in [0.25, 0.3) is 0 Å². The third-order valence-corrected chi connectivity index (χ3v) is 4.67. The van der Waals surface area contributed by atoms with Crippen molar-refractivity contribution in [2.24, 2.45) is 11.8 Å². The number of aliphatic carboxylic acids is 1. The Morgan fingerprint density at radius 1 is 1.35 bits per heavy atom. The standard InChI is InChI=1S/C17H21N3O3/c1-3-20-14-7-5-4-6-13(14)19-15(20)10(2)18-16(21)11-8-9-12(11)17(22)23/h4-7,10-12H,3,8-9H2,1-2H3,(H,18,21)(H,22,23). The van der Waals surface area contributed by atoms with Gasteiger partial charge in [-0.1, -0.05) is 12.1 Å². The van der Waals surface area contributed by atoms with E-state index in [1.165, 1.54) is 0 Å². The maximum atomic E-state index is 12.3. The summed E-state index contributed by atoms with van der Waals surface area (Å²) in [6.07, 6.45) is 1.22. The molecule has 6 heteroatoms. The maximum Gasteiger partial charge on any atom is 0.307 e. The zero-order valence-corrected chi connectivity index (χ0v) is 13.3. The third kappa shape index (κ3) is 2.69. The van der Waals surface area contributed by atoms with Crippen molar-refractivity contribution >= 4 is 22.9 Å². The minimum Gasteiger partial charge on any atom is -0.481 e. The molecule has 0 aliphatic heterocycles. The second-order valence-electron chi connectivity index (χ2n) is 6.06. The third-order valence-electron chi connectivity index (χ3n) is 4.67. The number of hydrogen-bond acceptors (Lipinski definition) is 3. The Hall–Kier alpha value is -2.37. The van der Waals surface area contributed by atoms with Crippen molar-refractivity contribution in [3.8, 4) is 0 Å². The molecule has 6 nitrogen and oxygen atoms in total. The van der Waals surface area contributed by atoms with Crippen LogP contribution in [-0.2, 0) is 16.1 Å². The molecule has 1 aromatic carbocycles. The van der Waals surface area contributed by atoms with E-state index in [2.05, 4.69) is 14.9 Å². The van der Waals surface area contributed by atoms with Crippen LogP contribution in [0.25, 0.3) is 11.0 Å². The lowest BCUT2D eigenvalue weighted by atomic mass is 9.73. The van der Waals surface area contributed by atoms with E-state index < -0.39 is 17.8 Å². The average molecular weight is 315 g/mol. The summed E-state index contributed by atoms with van der Waals surface area (Å²) in [6, 6.07) is 7.61. The number of imidazole rings is 1. The van der Waals surface area contributed by atoms with E-state index in [4.69, 9.17) is 5.11 Å². The first-order chi connectivity index (χ1) is 11.0. The predicted molar refractivity (Wildman–Crippen MR) is 85.8 cm³/mol. The van der Waals surface area contributed by atoms with Gasteiger partial charge in [-0.05, 0) is 38.8 Å². The zero-order valence-electron chi connectivity index (χ0n) is 13.3. The fraction of sp³-hybridized carbons (Fsp3) is 0.471. The molecule has 1 aliphatic carbocycles. The van der Waals surface area contributed by atoms with E-state index >= 15 is 0 Å². The molecule has 2 aromatic rings. The first-order valence-electron chi connectivity index (χ1n) is 8.01. The van der Waals surface area contributed by atoms with Crippen molar-refractivity contribution in [3.63, 3.8) is 0 Å². The Morgan fingerprint density at radius 3 is 2.65 bits per heavy atom. The number of carbonyl (C=O) groups excluding carboxylic acids is 1. The number of aromatic nitrogens is 2. The SMILES string of the molecule is CCn1c(C(C)NC(=O)C2CCC2C(=O)O)nc2ccccc21. The first-order valence-corrected chi connectivity index (χ1v) is 8.01. The highest BCUT2D eigenvalue weighted by Crippen LogP contribution is 2.35. The van der Waals surface area contributed by atoms with Gasteiger partial charge in [-0.25, -0.2) is 4.98 Å². The molecule has 0 spiro atoms. The molecule has 1 aromatic heterocycles. The predicted octanol–water partition coefficient (Wildman–Crippen LogP) is 2.34. The summed E-state index contributed by atoms with van der Waals surface area (Å²) in [5.41, 5.74) is 1.94. The molecule has 1 fully saturated rings. The van der Waals surface area contributed by atoms with Crippen molar-refractivity contribution in [1.82, 2.24) is 14.9 Å². The number of nitrogens with zero attached hydrogens (tertiary/aromatic N) is 2. The number of carbonyl (C=O) groups is 2. The van der Waals surface area contributed by atoms with Crippen molar-refractivity contribution in [3.05, 3.63) is 30.1 Å². The molecule has 0 bridgehead atoms. The van der Waals surface area contributed by atoms with Crippen molar-refractivity contribution < 1.29 is 14.7 Å². The summed E-state index contributed by atoms with van der Waals surface area (Å²) in [7, 11) is 0. The highest BCUT2D eigenvalue weighted by molar-refractivity contribution is 5.86. The number of fused-ring (bicyclic) bond motifs is 1. The highest BCUT2D eigenvalue weighted by atomic mass is 16.4. The van der Waals surface area contributed by atoms with Crippen LogP contribution in [0.4, 0.5) is 0 Å². The molecule has 3 unspecified atom stereocenters. The van der Waals surface area contributed by atoms with E-state index in [0.29, 0.717) is 12.8 Å². The second-order valence-corrected chi connectivity index (χ2v) is 6.06. The van der Waals surface area contributed by atoms with Crippen LogP contribution in [0.3, 0.4) is 0 Å². The summed E-state index contributed by atoms with van der Waals surface area (Å²) in [4.78, 5) is 28.0. The molecule has 0 saturated heterocycles. The fourth-order valence-corrected chi connectivity index (χ4v) is 3.25. The van der Waals surface area contributed by atoms with Gasteiger partial charge in [-0.2, -0.15) is 0 Å². The molecule has 122 valence electrons. The van der Waals surface area contributed by atoms with Gasteiger partial charge in [0.2, 0.25) is 5.91 Å². The number of para-hydroxylation sites is 2. The molecular weight excluding hydrogens is 294 g/mol. The van der Waals surface area contributed by atoms with Gasteiger partial charge in [0.1, 0.15) is 5.82 Å². The molecule has 1 heterocycles. The van der Waals surface area contributed by atoms with Crippen LogP contribution in [0.15, 0.2) is 24.3 Å². The van der Waals surface area contributed by atoms with Gasteiger partial charge in [-0.3, -0.25) is 9.59 Å². The summed E-state index contributed by atoms with van der Waals surface area (Å²) < 4.78 is 2.08. The van der Waals surface area contributed by atoms with Crippen LogP contribution in [0.2, 0.25) is 0 Å². The lowest BCUT2D eigenvalue weighted by Gasteiger charge is -2.32. The Labute approximate surface area is 134 Å². The molecule has 1 saturated carbocycles. The Morgan fingerprint density at radius 2 is 2.04 bits per heavy atom. The largest absolute Gasteiger partial charge is 0.481 e. The maximum absolute atomic E-state index is 12.3. The monoisotopic (exact) mass is 315 g/mol. The number of rotatable bonds is 5. The number of amides is 1. The lowest BCUT2D eigenvalue weighted by molar-refractivity contribution is -0.152. The van der Waals surface area contributed by atoms with E-state index in [1.807, 2.05) is 38.1 Å². The van der Waals surface area contributed by atoms with Crippen LogP contribution < -0.4 is 5.32 Å². The molecule has 2 N–H and O–H groups in total. The lowest BCUT2D eigenvalue weighted by Crippen LogP contribution is -2.45. The quantitative estimate of drug-likeness (QED) is 0.887. The smallest absolute Gasteiger partial charge is 0.307 e. The molecule has 3 rings (SSSR count). The van der Waals surface area contributed by atoms with Crippen LogP contribution in [0.1, 0.15) is 38.6 Å². The number of aryl methyl sites for hydroxylation is 1. The number of nitrogens with one attached hydrogen (secondary N) is 1. The molecule has 1 aliphatic rings. The van der Waals surface area contributed by atoms with Crippen LogP contribution in [0, 0.1) is 11.8 Å². The Bertz CT molecular complexity index is 753. The van der Waals surface area contributed by atoms with Crippen LogP contribution >= 0.6 is 0 Å². The molecular formula is C17H21N3O3. The Balaban J connectivity index is 1.79. The number of carboxylic acids is 1. The van der Waals surface area contributed by atoms with E-state index in [0.717, 1.165) is 23.4 Å². The summed E-state index contributed by atoms with van der Waals surface area (Å²) in [5.74, 6) is -1.24. The van der Waals surface area contributed by atoms with Crippen molar-refractivity contribution in [2.45, 2.75) is 39.3 Å². The fourth-order valence-electron chi connectivity index (χ4n) is 3.25. The number of hydrogen-bond donors (Lipinski definition) is 2. The summed E-state index contributed by atoms with van der Waals surface area (Å²) >= 11 is 0. The minimum absolute atomic E-state index is 0.189. The molecule has 23 heavy (non-hydrogen) atoms. The zero-order chi connectivity index (χ0) is 16.6. The van der Waals surface area contributed by atoms with E-state index in [-0.39, 0.29) is 11.9 Å². The van der Waals surface area contributed by atoms with Gasteiger partial charge < -0.3 is 15.0 Å². The highest BCUT2D eigenvalue weighted by Gasteiger charge is 2.41. The van der Waals surface area contributed by atoms with Crippen LogP contribution in [-0.4, -0.2) is 26.5 Å². The van der Waals surface area contributed by atoms with E-state index in [1.54, 1.807) is 0 Å². The van der Waals surface area contributed by atoms with Gasteiger partial charge in [0.15, 0.2) is 0 Å². The van der Waals surface area contributed by atoms with Crippen molar-refractivity contribution in [2.75, 3.05) is 0 Å². The van der Waals surface area contributed by atoms with Crippen LogP contribution in [0.5, 0.6) is 0 Å². The normalized spacial score (nSPS) is 21.7. The summed E-state index contributed by atoms with van der Waals surface area (Å²) in [5, 5.41) is 12.0. The topological polar surface area (TPSA) is 84.2 Å². The molecule has 3 atom stereocenters. The molecule has 0 radical (unpaired) electrons. The van der Waals surface area contributed by atoms with Gasteiger partial charge >= 0.3 is 5.97 Å². The van der Waals surface area contributed by atoms with E-state index in [9.17, 15) is 9.59 Å². The number of benzene rings is 1. The van der Waals surface area contributed by atoms with Crippen molar-refractivity contribution in [1.29, 1.82) is 0 Å². The Kier molecular flexibility index (Phi) is 4.07. The second kappa shape index (κ2) is 6.02. The average Bonchev–Trinajstić information content (AvgIpc) is 2.83.